The number of benzene rings is 1. The molecule has 1 heterocycles. The Bertz CT molecular complexity index is 497. The van der Waals surface area contributed by atoms with Crippen molar-refractivity contribution < 1.29 is 4.39 Å². The van der Waals surface area contributed by atoms with Crippen molar-refractivity contribution in [2.75, 3.05) is 0 Å². The quantitative estimate of drug-likeness (QED) is 0.861. The van der Waals surface area contributed by atoms with Gasteiger partial charge in [0.25, 0.3) is 0 Å². The minimum Gasteiger partial charge on any atom is -0.323 e. The second-order valence-electron chi connectivity index (χ2n) is 3.66. The molecule has 17 heavy (non-hydrogen) atoms. The van der Waals surface area contributed by atoms with Crippen molar-refractivity contribution in [1.29, 1.82) is 0 Å². The van der Waals surface area contributed by atoms with E-state index in [-0.39, 0.29) is 11.9 Å². The van der Waals surface area contributed by atoms with Gasteiger partial charge in [-0.2, -0.15) is 0 Å². The summed E-state index contributed by atoms with van der Waals surface area (Å²) < 4.78 is 13.4. The summed E-state index contributed by atoms with van der Waals surface area (Å²) in [5.41, 5.74) is 5.76. The SMILES string of the molecule is CC(N)c1cnc(CSc2ccccc2F)s1. The van der Waals surface area contributed by atoms with E-state index in [9.17, 15) is 4.39 Å². The second kappa shape index (κ2) is 5.62. The maximum atomic E-state index is 13.4. The minimum absolute atomic E-state index is 0.0136. The molecule has 2 N–H and O–H groups in total. The third-order valence-electron chi connectivity index (χ3n) is 2.21. The predicted octanol–water partition coefficient (Wildman–Crippen LogP) is 3.59. The van der Waals surface area contributed by atoms with E-state index >= 15 is 0 Å². The van der Waals surface area contributed by atoms with Crippen LogP contribution in [0.3, 0.4) is 0 Å². The molecule has 0 aliphatic heterocycles. The molecule has 1 atom stereocenters. The third kappa shape index (κ3) is 3.28. The molecule has 2 rings (SSSR count). The molecule has 0 amide bonds. The first-order chi connectivity index (χ1) is 8.16. The molecule has 0 radical (unpaired) electrons. The van der Waals surface area contributed by atoms with E-state index in [4.69, 9.17) is 5.73 Å². The van der Waals surface area contributed by atoms with Gasteiger partial charge in [0.05, 0.1) is 5.75 Å². The van der Waals surface area contributed by atoms with Crippen LogP contribution in [-0.4, -0.2) is 4.98 Å². The fraction of sp³-hybridized carbons (Fsp3) is 0.250. The molecule has 0 aliphatic carbocycles. The third-order valence-corrected chi connectivity index (χ3v) is 4.65. The number of hydrogen-bond acceptors (Lipinski definition) is 4. The van der Waals surface area contributed by atoms with Crippen molar-refractivity contribution >= 4 is 23.1 Å². The highest BCUT2D eigenvalue weighted by atomic mass is 32.2. The lowest BCUT2D eigenvalue weighted by molar-refractivity contribution is 0.602. The summed E-state index contributed by atoms with van der Waals surface area (Å²) in [5, 5.41) is 0.977. The summed E-state index contributed by atoms with van der Waals surface area (Å²) in [7, 11) is 0. The van der Waals surface area contributed by atoms with E-state index in [2.05, 4.69) is 4.98 Å². The Morgan fingerprint density at radius 3 is 2.88 bits per heavy atom. The van der Waals surface area contributed by atoms with E-state index < -0.39 is 0 Å². The molecule has 0 saturated carbocycles. The Morgan fingerprint density at radius 1 is 1.47 bits per heavy atom. The van der Waals surface area contributed by atoms with Gasteiger partial charge in [0, 0.05) is 22.0 Å². The molecule has 0 spiro atoms. The number of aromatic nitrogens is 1. The van der Waals surface area contributed by atoms with Crippen molar-refractivity contribution in [2.24, 2.45) is 5.73 Å². The Balaban J connectivity index is 2.00. The minimum atomic E-state index is -0.179. The zero-order valence-corrected chi connectivity index (χ0v) is 11.0. The van der Waals surface area contributed by atoms with Gasteiger partial charge < -0.3 is 5.73 Å². The largest absolute Gasteiger partial charge is 0.323 e. The number of rotatable bonds is 4. The van der Waals surface area contributed by atoms with Gasteiger partial charge in [-0.15, -0.1) is 23.1 Å². The molecule has 1 aromatic carbocycles. The molecule has 0 bridgehead atoms. The lowest BCUT2D eigenvalue weighted by Crippen LogP contribution is -2.01. The van der Waals surface area contributed by atoms with Gasteiger partial charge in [-0.05, 0) is 19.1 Å². The number of nitrogens with zero attached hydrogens (tertiary/aromatic N) is 1. The first kappa shape index (κ1) is 12.5. The van der Waals surface area contributed by atoms with E-state index in [1.807, 2.05) is 13.0 Å². The van der Waals surface area contributed by atoms with E-state index in [1.165, 1.54) is 17.8 Å². The Kier molecular flexibility index (Phi) is 4.15. The van der Waals surface area contributed by atoms with Crippen LogP contribution in [0.5, 0.6) is 0 Å². The number of thiazole rings is 1. The summed E-state index contributed by atoms with van der Waals surface area (Å²) in [4.78, 5) is 6.00. The molecular formula is C12H13FN2S2. The zero-order chi connectivity index (χ0) is 12.3. The maximum Gasteiger partial charge on any atom is 0.136 e. The molecule has 0 aliphatic rings. The standard InChI is InChI=1S/C12H13FN2S2/c1-8(14)11-6-15-12(17-11)7-16-10-5-3-2-4-9(10)13/h2-6,8H,7,14H2,1H3. The number of halogens is 1. The van der Waals surface area contributed by atoms with Gasteiger partial charge in [0.2, 0.25) is 0 Å². The average molecular weight is 268 g/mol. The molecule has 1 unspecified atom stereocenters. The summed E-state index contributed by atoms with van der Waals surface area (Å²) in [6, 6.07) is 6.79. The first-order valence-corrected chi connectivity index (χ1v) is 7.04. The lowest BCUT2D eigenvalue weighted by Gasteiger charge is -2.00. The second-order valence-corrected chi connectivity index (χ2v) is 5.83. The Hall–Kier alpha value is -0.910. The van der Waals surface area contributed by atoms with Crippen molar-refractivity contribution in [3.05, 3.63) is 46.2 Å². The Labute approximate surface area is 108 Å². The van der Waals surface area contributed by atoms with Crippen LogP contribution in [0.1, 0.15) is 22.9 Å². The fourth-order valence-electron chi connectivity index (χ4n) is 1.30. The number of nitrogens with two attached hydrogens (primary N) is 1. The van der Waals surface area contributed by atoms with E-state index in [0.29, 0.717) is 10.6 Å². The van der Waals surface area contributed by atoms with Crippen molar-refractivity contribution in [1.82, 2.24) is 4.98 Å². The maximum absolute atomic E-state index is 13.4. The van der Waals surface area contributed by atoms with E-state index in [0.717, 1.165) is 9.88 Å². The molecule has 0 saturated heterocycles. The number of thioether (sulfide) groups is 1. The lowest BCUT2D eigenvalue weighted by atomic mass is 10.3. The van der Waals surface area contributed by atoms with Crippen molar-refractivity contribution in [2.45, 2.75) is 23.6 Å². The zero-order valence-electron chi connectivity index (χ0n) is 9.39. The van der Waals surface area contributed by atoms with Crippen LogP contribution in [-0.2, 0) is 5.75 Å². The van der Waals surface area contributed by atoms with Gasteiger partial charge >= 0.3 is 0 Å². The van der Waals surface area contributed by atoms with Gasteiger partial charge in [0.15, 0.2) is 0 Å². The van der Waals surface area contributed by atoms with E-state index in [1.54, 1.807) is 29.7 Å². The van der Waals surface area contributed by atoms with Crippen LogP contribution >= 0.6 is 23.1 Å². The molecular weight excluding hydrogens is 255 g/mol. The molecule has 90 valence electrons. The fourth-order valence-corrected chi connectivity index (χ4v) is 3.12. The van der Waals surface area contributed by atoms with Crippen LogP contribution in [0.15, 0.2) is 35.4 Å². The van der Waals surface area contributed by atoms with Crippen molar-refractivity contribution in [3.8, 4) is 0 Å². The Morgan fingerprint density at radius 2 is 2.24 bits per heavy atom. The highest BCUT2D eigenvalue weighted by Crippen LogP contribution is 2.28. The van der Waals surface area contributed by atoms with Gasteiger partial charge in [-0.3, -0.25) is 0 Å². The average Bonchev–Trinajstić information content (AvgIpc) is 2.77. The predicted molar refractivity (Wildman–Crippen MR) is 70.7 cm³/mol. The van der Waals surface area contributed by atoms with Crippen LogP contribution in [0, 0.1) is 5.82 Å². The smallest absolute Gasteiger partial charge is 0.136 e. The van der Waals surface area contributed by atoms with Gasteiger partial charge in [0.1, 0.15) is 10.8 Å². The van der Waals surface area contributed by atoms with Crippen LogP contribution in [0.2, 0.25) is 0 Å². The summed E-state index contributed by atoms with van der Waals surface area (Å²) in [6.45, 7) is 1.93. The summed E-state index contributed by atoms with van der Waals surface area (Å²) in [6.07, 6.45) is 1.80. The highest BCUT2D eigenvalue weighted by Gasteiger charge is 2.07. The monoisotopic (exact) mass is 268 g/mol. The molecule has 2 aromatic rings. The van der Waals surface area contributed by atoms with Crippen LogP contribution < -0.4 is 5.73 Å². The summed E-state index contributed by atoms with van der Waals surface area (Å²) in [5.74, 6) is 0.500. The molecule has 1 aromatic heterocycles. The van der Waals surface area contributed by atoms with Crippen molar-refractivity contribution in [3.63, 3.8) is 0 Å². The molecule has 5 heteroatoms. The molecule has 0 fully saturated rings. The summed E-state index contributed by atoms with van der Waals surface area (Å²) >= 11 is 3.04. The molecule has 2 nitrogen and oxygen atoms in total. The topological polar surface area (TPSA) is 38.9 Å². The van der Waals surface area contributed by atoms with Gasteiger partial charge in [-0.25, -0.2) is 9.37 Å². The first-order valence-electron chi connectivity index (χ1n) is 5.24. The van der Waals surface area contributed by atoms with Crippen LogP contribution in [0.25, 0.3) is 0 Å². The normalized spacial score (nSPS) is 12.6. The van der Waals surface area contributed by atoms with Crippen LogP contribution in [0.4, 0.5) is 4.39 Å². The van der Waals surface area contributed by atoms with Gasteiger partial charge in [-0.1, -0.05) is 12.1 Å². The number of hydrogen-bond donors (Lipinski definition) is 1. The highest BCUT2D eigenvalue weighted by molar-refractivity contribution is 7.98.